The molecule has 10 heteroatoms. The molecular formula is C20H19Cl2FN4O2S. The van der Waals surface area contributed by atoms with E-state index in [2.05, 4.69) is 9.97 Å². The predicted molar refractivity (Wildman–Crippen MR) is 116 cm³/mol. The summed E-state index contributed by atoms with van der Waals surface area (Å²) in [5.74, 6) is 0.877. The van der Waals surface area contributed by atoms with Crippen molar-refractivity contribution < 1.29 is 12.8 Å². The van der Waals surface area contributed by atoms with Crippen molar-refractivity contribution in [3.63, 3.8) is 0 Å². The molecule has 0 amide bonds. The third kappa shape index (κ3) is 3.97. The number of hydrogen-bond acceptors (Lipinski definition) is 5. The topological polar surface area (TPSA) is 66.4 Å². The van der Waals surface area contributed by atoms with Gasteiger partial charge < -0.3 is 4.90 Å². The van der Waals surface area contributed by atoms with Gasteiger partial charge in [-0.15, -0.1) is 0 Å². The third-order valence-corrected chi connectivity index (χ3v) is 7.47. The van der Waals surface area contributed by atoms with Crippen molar-refractivity contribution in [3.8, 4) is 0 Å². The van der Waals surface area contributed by atoms with Crippen molar-refractivity contribution in [2.24, 2.45) is 0 Å². The Balaban J connectivity index is 1.63. The van der Waals surface area contributed by atoms with Crippen LogP contribution >= 0.6 is 23.2 Å². The molecule has 1 saturated heterocycles. The molecule has 1 aliphatic rings. The summed E-state index contributed by atoms with van der Waals surface area (Å²) in [5.41, 5.74) is 0.629. The maximum Gasteiger partial charge on any atom is 0.243 e. The SMILES string of the molecule is CCc1nc(N2CCN(S(=O)(=O)c3ccc(F)cc3)CC2)c2cc(Cl)cc(Cl)c2n1. The number of rotatable bonds is 4. The number of benzene rings is 2. The second-order valence-corrected chi connectivity index (χ2v) is 9.73. The fraction of sp³-hybridized carbons (Fsp3) is 0.300. The van der Waals surface area contributed by atoms with E-state index in [1.54, 1.807) is 12.1 Å². The van der Waals surface area contributed by atoms with E-state index in [0.29, 0.717) is 46.7 Å². The molecule has 3 aromatic rings. The third-order valence-electron chi connectivity index (χ3n) is 5.05. The quantitative estimate of drug-likeness (QED) is 0.575. The highest BCUT2D eigenvalue weighted by Gasteiger charge is 2.30. The number of nitrogens with zero attached hydrogens (tertiary/aromatic N) is 4. The molecule has 0 saturated carbocycles. The van der Waals surface area contributed by atoms with E-state index in [0.717, 1.165) is 17.5 Å². The number of piperazine rings is 1. The van der Waals surface area contributed by atoms with Crippen molar-refractivity contribution in [2.45, 2.75) is 18.2 Å². The average Bonchev–Trinajstić information content (AvgIpc) is 2.73. The molecular weight excluding hydrogens is 450 g/mol. The summed E-state index contributed by atoms with van der Waals surface area (Å²) in [7, 11) is -3.69. The first kappa shape index (κ1) is 21.2. The van der Waals surface area contributed by atoms with Crippen molar-refractivity contribution >= 4 is 49.9 Å². The number of anilines is 1. The van der Waals surface area contributed by atoms with E-state index in [-0.39, 0.29) is 18.0 Å². The lowest BCUT2D eigenvalue weighted by atomic mass is 10.2. The van der Waals surface area contributed by atoms with Gasteiger partial charge >= 0.3 is 0 Å². The molecule has 0 N–H and O–H groups in total. The first-order valence-electron chi connectivity index (χ1n) is 9.46. The van der Waals surface area contributed by atoms with Gasteiger partial charge in [0.25, 0.3) is 0 Å². The van der Waals surface area contributed by atoms with Gasteiger partial charge in [0, 0.05) is 43.0 Å². The van der Waals surface area contributed by atoms with Gasteiger partial charge in [-0.25, -0.2) is 22.8 Å². The molecule has 0 atom stereocenters. The van der Waals surface area contributed by atoms with Crippen LogP contribution in [0.2, 0.25) is 10.0 Å². The second-order valence-electron chi connectivity index (χ2n) is 6.95. The highest BCUT2D eigenvalue weighted by atomic mass is 35.5. The van der Waals surface area contributed by atoms with E-state index >= 15 is 0 Å². The minimum absolute atomic E-state index is 0.0802. The van der Waals surface area contributed by atoms with Crippen molar-refractivity contribution in [3.05, 3.63) is 58.1 Å². The number of sulfonamides is 1. The number of aromatic nitrogens is 2. The van der Waals surface area contributed by atoms with Crippen molar-refractivity contribution in [1.29, 1.82) is 0 Å². The number of fused-ring (bicyclic) bond motifs is 1. The Labute approximate surface area is 184 Å². The van der Waals surface area contributed by atoms with Gasteiger partial charge in [0.2, 0.25) is 10.0 Å². The number of aryl methyl sites for hydroxylation is 1. The monoisotopic (exact) mass is 468 g/mol. The Hall–Kier alpha value is -2.00. The van der Waals surface area contributed by atoms with E-state index in [9.17, 15) is 12.8 Å². The summed E-state index contributed by atoms with van der Waals surface area (Å²) < 4.78 is 40.3. The first-order chi connectivity index (χ1) is 14.3. The zero-order valence-corrected chi connectivity index (χ0v) is 18.5. The zero-order valence-electron chi connectivity index (χ0n) is 16.1. The molecule has 1 fully saturated rings. The maximum atomic E-state index is 13.2. The number of halogens is 3. The molecule has 6 nitrogen and oxygen atoms in total. The standard InChI is InChI=1S/C20H19Cl2FN4O2S/c1-2-18-24-19-16(11-13(21)12-17(19)22)20(25-18)26-7-9-27(10-8-26)30(28,29)15-5-3-14(23)4-6-15/h3-6,11-12H,2,7-10H2,1H3. The van der Waals surface area contributed by atoms with Crippen LogP contribution in [0.3, 0.4) is 0 Å². The second kappa shape index (κ2) is 8.26. The Morgan fingerprint density at radius 1 is 1.03 bits per heavy atom. The summed E-state index contributed by atoms with van der Waals surface area (Å²) in [6.45, 7) is 3.41. The molecule has 0 aliphatic carbocycles. The highest BCUT2D eigenvalue weighted by molar-refractivity contribution is 7.89. The van der Waals surface area contributed by atoms with Gasteiger partial charge in [-0.1, -0.05) is 30.1 Å². The highest BCUT2D eigenvalue weighted by Crippen LogP contribution is 2.33. The predicted octanol–water partition coefficient (Wildman–Crippen LogP) is 4.15. The van der Waals surface area contributed by atoms with Gasteiger partial charge in [0.05, 0.1) is 15.4 Å². The zero-order chi connectivity index (χ0) is 21.5. The van der Waals surface area contributed by atoms with E-state index < -0.39 is 15.8 Å². The Bertz CT molecular complexity index is 1200. The van der Waals surface area contributed by atoms with E-state index in [4.69, 9.17) is 23.2 Å². The minimum atomic E-state index is -3.69. The fourth-order valence-corrected chi connectivity index (χ4v) is 5.44. The Morgan fingerprint density at radius 2 is 1.70 bits per heavy atom. The van der Waals surface area contributed by atoms with Crippen LogP contribution in [-0.2, 0) is 16.4 Å². The van der Waals surface area contributed by atoms with E-state index in [1.165, 1.54) is 16.4 Å². The summed E-state index contributed by atoms with van der Waals surface area (Å²) in [4.78, 5) is 11.3. The van der Waals surface area contributed by atoms with Crippen LogP contribution in [0.25, 0.3) is 10.9 Å². The van der Waals surface area contributed by atoms with Crippen LogP contribution in [0, 0.1) is 5.82 Å². The van der Waals surface area contributed by atoms with Gasteiger partial charge in [-0.2, -0.15) is 4.31 Å². The minimum Gasteiger partial charge on any atom is -0.353 e. The molecule has 158 valence electrons. The van der Waals surface area contributed by atoms with Gasteiger partial charge in [-0.3, -0.25) is 0 Å². The molecule has 4 rings (SSSR count). The fourth-order valence-electron chi connectivity index (χ4n) is 3.48. The van der Waals surface area contributed by atoms with Gasteiger partial charge in [0.15, 0.2) is 0 Å². The summed E-state index contributed by atoms with van der Waals surface area (Å²) in [6.07, 6.45) is 0.640. The van der Waals surface area contributed by atoms with E-state index in [1.807, 2.05) is 11.8 Å². The van der Waals surface area contributed by atoms with Crippen LogP contribution in [0.15, 0.2) is 41.3 Å². The lowest BCUT2D eigenvalue weighted by Gasteiger charge is -2.35. The number of hydrogen-bond donors (Lipinski definition) is 0. The lowest BCUT2D eigenvalue weighted by molar-refractivity contribution is 0.384. The molecule has 2 aromatic carbocycles. The smallest absolute Gasteiger partial charge is 0.243 e. The van der Waals surface area contributed by atoms with Crippen LogP contribution in [0.5, 0.6) is 0 Å². The average molecular weight is 469 g/mol. The summed E-state index contributed by atoms with van der Waals surface area (Å²) >= 11 is 12.6. The van der Waals surface area contributed by atoms with Crippen molar-refractivity contribution in [2.75, 3.05) is 31.1 Å². The van der Waals surface area contributed by atoms with Crippen LogP contribution in [0.4, 0.5) is 10.2 Å². The lowest BCUT2D eigenvalue weighted by Crippen LogP contribution is -2.49. The Morgan fingerprint density at radius 3 is 2.33 bits per heavy atom. The molecule has 1 aliphatic heterocycles. The molecule has 2 heterocycles. The van der Waals surface area contributed by atoms with Crippen LogP contribution < -0.4 is 4.90 Å². The molecule has 0 spiro atoms. The normalized spacial score (nSPS) is 15.7. The maximum absolute atomic E-state index is 13.2. The summed E-state index contributed by atoms with van der Waals surface area (Å²) in [6, 6.07) is 8.29. The first-order valence-corrected chi connectivity index (χ1v) is 11.7. The van der Waals surface area contributed by atoms with Crippen LogP contribution in [0.1, 0.15) is 12.7 Å². The molecule has 1 aromatic heterocycles. The molecule has 0 bridgehead atoms. The molecule has 0 unspecified atom stereocenters. The Kier molecular flexibility index (Phi) is 5.85. The molecule has 30 heavy (non-hydrogen) atoms. The largest absolute Gasteiger partial charge is 0.353 e. The van der Waals surface area contributed by atoms with Gasteiger partial charge in [0.1, 0.15) is 17.5 Å². The van der Waals surface area contributed by atoms with Gasteiger partial charge in [-0.05, 0) is 36.4 Å². The molecule has 0 radical (unpaired) electrons. The van der Waals surface area contributed by atoms with Crippen LogP contribution in [-0.4, -0.2) is 48.9 Å². The summed E-state index contributed by atoms with van der Waals surface area (Å²) in [5, 5.41) is 1.67. The van der Waals surface area contributed by atoms with Crippen molar-refractivity contribution in [1.82, 2.24) is 14.3 Å².